The van der Waals surface area contributed by atoms with Crippen molar-refractivity contribution in [2.24, 2.45) is 0 Å². The molecule has 3 rings (SSSR count). The molecule has 0 unspecified atom stereocenters. The summed E-state index contributed by atoms with van der Waals surface area (Å²) in [6, 6.07) is 19.5. The van der Waals surface area contributed by atoms with Crippen molar-refractivity contribution in [3.8, 4) is 5.75 Å². The van der Waals surface area contributed by atoms with E-state index in [-0.39, 0.29) is 11.8 Å². The third-order valence-electron chi connectivity index (χ3n) is 4.55. The van der Waals surface area contributed by atoms with Gasteiger partial charge in [-0.25, -0.2) is 0 Å². The molecule has 0 aliphatic rings. The van der Waals surface area contributed by atoms with Crippen molar-refractivity contribution < 1.29 is 14.3 Å². The molecule has 154 valence electrons. The first kappa shape index (κ1) is 21.4. The Hall–Kier alpha value is -3.31. The normalized spacial score (nSPS) is 11.5. The zero-order valence-corrected chi connectivity index (χ0v) is 17.8. The quantitative estimate of drug-likeness (QED) is 0.542. The summed E-state index contributed by atoms with van der Waals surface area (Å²) in [5.74, 6) is 0.0109. The molecule has 0 aliphatic heterocycles. The summed E-state index contributed by atoms with van der Waals surface area (Å²) in [4.78, 5) is 24.8. The van der Waals surface area contributed by atoms with E-state index in [2.05, 4.69) is 10.6 Å². The molecule has 0 spiro atoms. The van der Waals surface area contributed by atoms with Crippen LogP contribution in [0, 0.1) is 13.8 Å². The molecule has 6 heteroatoms. The van der Waals surface area contributed by atoms with Gasteiger partial charge in [-0.05, 0) is 80.9 Å². The second-order valence-electron chi connectivity index (χ2n) is 7.05. The maximum Gasteiger partial charge on any atom is 0.265 e. The van der Waals surface area contributed by atoms with Gasteiger partial charge in [0.2, 0.25) is 0 Å². The second-order valence-corrected chi connectivity index (χ2v) is 7.49. The molecule has 0 aromatic heterocycles. The lowest BCUT2D eigenvalue weighted by Crippen LogP contribution is -2.30. The molecule has 0 aliphatic carbocycles. The Labute approximate surface area is 181 Å². The fourth-order valence-electron chi connectivity index (χ4n) is 2.79. The van der Waals surface area contributed by atoms with Crippen molar-refractivity contribution >= 4 is 34.8 Å². The first-order chi connectivity index (χ1) is 14.3. The van der Waals surface area contributed by atoms with E-state index >= 15 is 0 Å². The number of rotatable bonds is 6. The standard InChI is InChI=1S/C24H23ClN2O3/c1-15-4-9-20(10-5-15)26-23(28)17(3)30-21-11-6-18(7-12-21)24(29)27-22-13-8-19(25)14-16(22)2/h4-14,17H,1-3H3,(H,26,28)(H,27,29)/t17-/m1/s1. The van der Waals surface area contributed by atoms with Crippen LogP contribution >= 0.6 is 11.6 Å². The number of halogens is 1. The first-order valence-corrected chi connectivity index (χ1v) is 9.91. The maximum absolute atomic E-state index is 12.5. The van der Waals surface area contributed by atoms with Gasteiger partial charge in [0.25, 0.3) is 11.8 Å². The van der Waals surface area contributed by atoms with Crippen LogP contribution in [0.3, 0.4) is 0 Å². The number of ether oxygens (including phenoxy) is 1. The van der Waals surface area contributed by atoms with Gasteiger partial charge in [-0.3, -0.25) is 9.59 Å². The summed E-state index contributed by atoms with van der Waals surface area (Å²) in [7, 11) is 0. The van der Waals surface area contributed by atoms with Gasteiger partial charge in [-0.2, -0.15) is 0 Å². The van der Waals surface area contributed by atoms with E-state index in [9.17, 15) is 9.59 Å². The van der Waals surface area contributed by atoms with Crippen LogP contribution in [0.5, 0.6) is 5.75 Å². The number of benzene rings is 3. The molecule has 0 radical (unpaired) electrons. The molecule has 30 heavy (non-hydrogen) atoms. The van der Waals surface area contributed by atoms with Gasteiger partial charge in [0.15, 0.2) is 6.10 Å². The number of anilines is 2. The highest BCUT2D eigenvalue weighted by molar-refractivity contribution is 6.30. The Kier molecular flexibility index (Phi) is 6.75. The van der Waals surface area contributed by atoms with E-state index in [1.807, 2.05) is 38.1 Å². The fraction of sp³-hybridized carbons (Fsp3) is 0.167. The van der Waals surface area contributed by atoms with Crippen molar-refractivity contribution in [3.63, 3.8) is 0 Å². The monoisotopic (exact) mass is 422 g/mol. The van der Waals surface area contributed by atoms with Crippen LogP contribution in [0.4, 0.5) is 11.4 Å². The highest BCUT2D eigenvalue weighted by Crippen LogP contribution is 2.21. The number of hydrogen-bond donors (Lipinski definition) is 2. The predicted molar refractivity (Wildman–Crippen MR) is 120 cm³/mol. The number of nitrogens with one attached hydrogen (secondary N) is 2. The maximum atomic E-state index is 12.5. The third kappa shape index (κ3) is 5.61. The lowest BCUT2D eigenvalue weighted by molar-refractivity contribution is -0.122. The Morgan fingerprint density at radius 3 is 2.20 bits per heavy atom. The molecule has 0 bridgehead atoms. The summed E-state index contributed by atoms with van der Waals surface area (Å²) in [5, 5.41) is 6.30. The van der Waals surface area contributed by atoms with Gasteiger partial charge >= 0.3 is 0 Å². The Morgan fingerprint density at radius 1 is 0.900 bits per heavy atom. The molecule has 1 atom stereocenters. The summed E-state index contributed by atoms with van der Waals surface area (Å²) in [6.07, 6.45) is -0.692. The van der Waals surface area contributed by atoms with Crippen LogP contribution in [0.2, 0.25) is 5.02 Å². The molecule has 5 nitrogen and oxygen atoms in total. The molecule has 2 N–H and O–H groups in total. The zero-order valence-electron chi connectivity index (χ0n) is 17.0. The molecule has 0 fully saturated rings. The van der Waals surface area contributed by atoms with Gasteiger partial charge in [0, 0.05) is 22.0 Å². The molecule has 0 heterocycles. The highest BCUT2D eigenvalue weighted by atomic mass is 35.5. The van der Waals surface area contributed by atoms with Crippen LogP contribution in [0.25, 0.3) is 0 Å². The lowest BCUT2D eigenvalue weighted by atomic mass is 10.1. The first-order valence-electron chi connectivity index (χ1n) is 9.53. The molecule has 2 amide bonds. The molecule has 3 aromatic carbocycles. The molecular formula is C24H23ClN2O3. The summed E-state index contributed by atoms with van der Waals surface area (Å²) in [5.41, 5.74) is 3.89. The second kappa shape index (κ2) is 9.46. The zero-order chi connectivity index (χ0) is 21.7. The third-order valence-corrected chi connectivity index (χ3v) is 4.79. The number of amides is 2. The molecule has 0 saturated heterocycles. The number of hydrogen-bond acceptors (Lipinski definition) is 3. The predicted octanol–water partition coefficient (Wildman–Crippen LogP) is 5.62. The van der Waals surface area contributed by atoms with Crippen LogP contribution in [0.15, 0.2) is 66.7 Å². The summed E-state index contributed by atoms with van der Waals surface area (Å²) in [6.45, 7) is 5.53. The van der Waals surface area contributed by atoms with Crippen molar-refractivity contribution in [3.05, 3.63) is 88.4 Å². The van der Waals surface area contributed by atoms with Crippen molar-refractivity contribution in [2.45, 2.75) is 26.9 Å². The minimum Gasteiger partial charge on any atom is -0.481 e. The molecular weight excluding hydrogens is 400 g/mol. The Balaban J connectivity index is 1.58. The minimum atomic E-state index is -0.692. The Morgan fingerprint density at radius 2 is 1.57 bits per heavy atom. The number of carbonyl (C=O) groups is 2. The topological polar surface area (TPSA) is 67.4 Å². The minimum absolute atomic E-state index is 0.239. The number of carbonyl (C=O) groups excluding carboxylic acids is 2. The fourth-order valence-corrected chi connectivity index (χ4v) is 3.01. The Bertz CT molecular complexity index is 1050. The summed E-state index contributed by atoms with van der Waals surface area (Å²) < 4.78 is 5.70. The van der Waals surface area contributed by atoms with Crippen LogP contribution in [-0.2, 0) is 4.79 Å². The summed E-state index contributed by atoms with van der Waals surface area (Å²) >= 11 is 5.95. The highest BCUT2D eigenvalue weighted by Gasteiger charge is 2.15. The largest absolute Gasteiger partial charge is 0.481 e. The van der Waals surface area contributed by atoms with Gasteiger partial charge < -0.3 is 15.4 Å². The van der Waals surface area contributed by atoms with E-state index < -0.39 is 6.10 Å². The molecule has 0 saturated carbocycles. The van der Waals surface area contributed by atoms with Gasteiger partial charge in [-0.15, -0.1) is 0 Å². The average Bonchev–Trinajstić information content (AvgIpc) is 2.72. The van der Waals surface area contributed by atoms with Gasteiger partial charge in [0.05, 0.1) is 0 Å². The average molecular weight is 423 g/mol. The van der Waals surface area contributed by atoms with Crippen LogP contribution in [-0.4, -0.2) is 17.9 Å². The SMILES string of the molecule is Cc1ccc(NC(=O)[C@@H](C)Oc2ccc(C(=O)Nc3ccc(Cl)cc3C)cc2)cc1. The lowest BCUT2D eigenvalue weighted by Gasteiger charge is -2.15. The number of aryl methyl sites for hydroxylation is 2. The van der Waals surface area contributed by atoms with E-state index in [1.165, 1.54) is 0 Å². The van der Waals surface area contributed by atoms with Crippen molar-refractivity contribution in [2.75, 3.05) is 10.6 Å². The smallest absolute Gasteiger partial charge is 0.265 e. The van der Waals surface area contributed by atoms with Crippen LogP contribution in [0.1, 0.15) is 28.4 Å². The van der Waals surface area contributed by atoms with Gasteiger partial charge in [-0.1, -0.05) is 29.3 Å². The van der Waals surface area contributed by atoms with E-state index in [1.54, 1.807) is 49.4 Å². The van der Waals surface area contributed by atoms with Gasteiger partial charge in [0.1, 0.15) is 5.75 Å². The van der Waals surface area contributed by atoms with E-state index in [4.69, 9.17) is 16.3 Å². The van der Waals surface area contributed by atoms with Crippen LogP contribution < -0.4 is 15.4 Å². The van der Waals surface area contributed by atoms with E-state index in [0.717, 1.165) is 11.1 Å². The molecule has 3 aromatic rings. The van der Waals surface area contributed by atoms with E-state index in [0.29, 0.717) is 27.7 Å². The van der Waals surface area contributed by atoms with Crippen molar-refractivity contribution in [1.29, 1.82) is 0 Å². The van der Waals surface area contributed by atoms with Crippen molar-refractivity contribution in [1.82, 2.24) is 0 Å².